The van der Waals surface area contributed by atoms with Crippen molar-refractivity contribution in [2.45, 2.75) is 0 Å². The molecule has 0 aliphatic carbocycles. The van der Waals surface area contributed by atoms with Crippen molar-refractivity contribution in [2.75, 3.05) is 33.2 Å². The molecule has 1 heterocycles. The molecule has 0 saturated carbocycles. The van der Waals surface area contributed by atoms with Gasteiger partial charge in [0.05, 0.1) is 0 Å². The highest BCUT2D eigenvalue weighted by Gasteiger charge is 2.22. The second-order valence-electron chi connectivity index (χ2n) is 4.66. The Morgan fingerprint density at radius 1 is 1.20 bits per heavy atom. The van der Waals surface area contributed by atoms with Gasteiger partial charge in [-0.2, -0.15) is 0 Å². The summed E-state index contributed by atoms with van der Waals surface area (Å²) in [7, 11) is 1.52. The quantitative estimate of drug-likeness (QED) is 0.823. The number of carbonyl (C=O) groups is 2. The Labute approximate surface area is 118 Å². The van der Waals surface area contributed by atoms with Crippen LogP contribution in [-0.2, 0) is 4.79 Å². The van der Waals surface area contributed by atoms with Gasteiger partial charge in [-0.25, -0.2) is 4.79 Å². The van der Waals surface area contributed by atoms with Gasteiger partial charge >= 0.3 is 6.03 Å². The summed E-state index contributed by atoms with van der Waals surface area (Å²) in [5, 5.41) is 3.17. The Kier molecular flexibility index (Phi) is 4.90. The van der Waals surface area contributed by atoms with Crippen LogP contribution in [0.1, 0.15) is 5.56 Å². The Morgan fingerprint density at radius 3 is 2.50 bits per heavy atom. The molecule has 0 atom stereocenters. The van der Waals surface area contributed by atoms with Crippen LogP contribution in [0.5, 0.6) is 0 Å². The van der Waals surface area contributed by atoms with Crippen molar-refractivity contribution >= 4 is 18.0 Å². The monoisotopic (exact) mass is 273 g/mol. The largest absolute Gasteiger partial charge is 0.326 e. The number of imide groups is 1. The van der Waals surface area contributed by atoms with Crippen LogP contribution in [0.4, 0.5) is 4.79 Å². The van der Waals surface area contributed by atoms with Crippen molar-refractivity contribution in [1.29, 1.82) is 0 Å². The van der Waals surface area contributed by atoms with Crippen molar-refractivity contribution in [2.24, 2.45) is 0 Å². The van der Waals surface area contributed by atoms with Crippen LogP contribution in [0.3, 0.4) is 0 Å². The number of piperazine rings is 1. The van der Waals surface area contributed by atoms with Gasteiger partial charge in [0.1, 0.15) is 0 Å². The van der Waals surface area contributed by atoms with Crippen molar-refractivity contribution in [3.05, 3.63) is 42.0 Å². The Hall–Kier alpha value is -2.14. The van der Waals surface area contributed by atoms with E-state index < -0.39 is 0 Å². The molecular weight excluding hydrogens is 254 g/mol. The highest BCUT2D eigenvalue weighted by molar-refractivity contribution is 6.02. The third kappa shape index (κ3) is 3.68. The summed E-state index contributed by atoms with van der Waals surface area (Å²) >= 11 is 0. The smallest absolute Gasteiger partial charge is 0.322 e. The van der Waals surface area contributed by atoms with E-state index in [2.05, 4.69) is 5.32 Å². The number of rotatable bonds is 2. The maximum atomic E-state index is 12.1. The minimum absolute atomic E-state index is 0.241. The highest BCUT2D eigenvalue weighted by atomic mass is 16.2. The van der Waals surface area contributed by atoms with Crippen LogP contribution in [0.2, 0.25) is 0 Å². The first-order valence-electron chi connectivity index (χ1n) is 6.69. The van der Waals surface area contributed by atoms with Gasteiger partial charge < -0.3 is 10.2 Å². The lowest BCUT2D eigenvalue weighted by atomic mass is 10.2. The predicted octanol–water partition coefficient (Wildman–Crippen LogP) is 1.18. The fourth-order valence-corrected chi connectivity index (χ4v) is 2.01. The average Bonchev–Trinajstić information content (AvgIpc) is 2.53. The molecule has 0 radical (unpaired) electrons. The maximum Gasteiger partial charge on any atom is 0.326 e. The second-order valence-corrected chi connectivity index (χ2v) is 4.66. The SMILES string of the molecule is CN(C(=O)C=Cc1ccccc1)C(=O)N1CCNCC1. The van der Waals surface area contributed by atoms with Crippen LogP contribution < -0.4 is 5.32 Å². The molecule has 0 spiro atoms. The molecule has 1 aliphatic rings. The summed E-state index contributed by atoms with van der Waals surface area (Å²) in [6.07, 6.45) is 3.14. The van der Waals surface area contributed by atoms with E-state index in [1.165, 1.54) is 13.1 Å². The maximum absolute atomic E-state index is 12.1. The summed E-state index contributed by atoms with van der Waals surface area (Å²) in [6, 6.07) is 9.29. The van der Waals surface area contributed by atoms with Crippen LogP contribution >= 0.6 is 0 Å². The summed E-state index contributed by atoms with van der Waals surface area (Å²) in [5.74, 6) is -0.308. The van der Waals surface area contributed by atoms with E-state index in [0.29, 0.717) is 13.1 Å². The lowest BCUT2D eigenvalue weighted by molar-refractivity contribution is -0.122. The number of benzene rings is 1. The molecule has 1 fully saturated rings. The molecule has 1 aromatic carbocycles. The first kappa shape index (κ1) is 14.3. The molecule has 0 unspecified atom stereocenters. The highest BCUT2D eigenvalue weighted by Crippen LogP contribution is 2.04. The van der Waals surface area contributed by atoms with E-state index in [4.69, 9.17) is 0 Å². The Bertz CT molecular complexity index is 493. The van der Waals surface area contributed by atoms with E-state index in [1.807, 2.05) is 30.3 Å². The number of nitrogens with zero attached hydrogens (tertiary/aromatic N) is 2. The number of hydrogen-bond acceptors (Lipinski definition) is 3. The van der Waals surface area contributed by atoms with E-state index in [0.717, 1.165) is 23.6 Å². The third-order valence-electron chi connectivity index (χ3n) is 3.22. The standard InChI is InChI=1S/C15H19N3O2/c1-17(15(20)18-11-9-16-10-12-18)14(19)8-7-13-5-3-2-4-6-13/h2-8,16H,9-12H2,1H3. The lowest BCUT2D eigenvalue weighted by Crippen LogP contribution is -2.51. The van der Waals surface area contributed by atoms with E-state index in [-0.39, 0.29) is 11.9 Å². The molecule has 1 aromatic rings. The Morgan fingerprint density at radius 2 is 1.85 bits per heavy atom. The second kappa shape index (κ2) is 6.86. The van der Waals surface area contributed by atoms with Gasteiger partial charge in [-0.1, -0.05) is 30.3 Å². The zero-order valence-corrected chi connectivity index (χ0v) is 11.6. The molecule has 3 amide bonds. The summed E-state index contributed by atoms with van der Waals surface area (Å²) in [5.41, 5.74) is 0.934. The third-order valence-corrected chi connectivity index (χ3v) is 3.22. The average molecular weight is 273 g/mol. The van der Waals surface area contributed by atoms with Crippen LogP contribution in [-0.4, -0.2) is 55.0 Å². The van der Waals surface area contributed by atoms with Crippen molar-refractivity contribution < 1.29 is 9.59 Å². The van der Waals surface area contributed by atoms with Crippen LogP contribution in [0.15, 0.2) is 36.4 Å². The molecule has 5 nitrogen and oxygen atoms in total. The zero-order valence-electron chi connectivity index (χ0n) is 11.6. The molecule has 20 heavy (non-hydrogen) atoms. The fraction of sp³-hybridized carbons (Fsp3) is 0.333. The van der Waals surface area contributed by atoms with E-state index >= 15 is 0 Å². The topological polar surface area (TPSA) is 52.7 Å². The summed E-state index contributed by atoms with van der Waals surface area (Å²) < 4.78 is 0. The van der Waals surface area contributed by atoms with Gasteiger partial charge in [0.25, 0.3) is 5.91 Å². The lowest BCUT2D eigenvalue weighted by Gasteiger charge is -2.30. The molecular formula is C15H19N3O2. The van der Waals surface area contributed by atoms with Gasteiger partial charge in [-0.05, 0) is 11.6 Å². The fourth-order valence-electron chi connectivity index (χ4n) is 2.01. The number of amides is 3. The molecule has 1 aliphatic heterocycles. The van der Waals surface area contributed by atoms with Gasteiger partial charge in [0.2, 0.25) is 0 Å². The molecule has 106 valence electrons. The molecule has 0 aromatic heterocycles. The van der Waals surface area contributed by atoms with Crippen LogP contribution in [0.25, 0.3) is 6.08 Å². The molecule has 0 bridgehead atoms. The molecule has 2 rings (SSSR count). The minimum atomic E-state index is -0.308. The van der Waals surface area contributed by atoms with Crippen LogP contribution in [0, 0.1) is 0 Å². The summed E-state index contributed by atoms with van der Waals surface area (Å²) in [4.78, 5) is 26.9. The predicted molar refractivity (Wildman–Crippen MR) is 78.1 cm³/mol. The van der Waals surface area contributed by atoms with Crippen molar-refractivity contribution in [3.63, 3.8) is 0 Å². The zero-order chi connectivity index (χ0) is 14.4. The number of hydrogen-bond donors (Lipinski definition) is 1. The first-order valence-corrected chi connectivity index (χ1v) is 6.69. The number of carbonyl (C=O) groups excluding carboxylic acids is 2. The van der Waals surface area contributed by atoms with Gasteiger partial charge in [0, 0.05) is 39.3 Å². The van der Waals surface area contributed by atoms with Crippen molar-refractivity contribution in [3.8, 4) is 0 Å². The normalized spacial score (nSPS) is 15.3. The molecule has 1 saturated heterocycles. The number of nitrogens with one attached hydrogen (secondary N) is 1. The first-order chi connectivity index (χ1) is 9.68. The number of urea groups is 1. The van der Waals surface area contributed by atoms with Gasteiger partial charge in [-0.3, -0.25) is 9.69 Å². The number of likely N-dealkylation sites (N-methyl/N-ethyl adjacent to an activating group) is 1. The minimum Gasteiger partial charge on any atom is -0.322 e. The molecule has 1 N–H and O–H groups in total. The Balaban J connectivity index is 1.94. The van der Waals surface area contributed by atoms with Crippen molar-refractivity contribution in [1.82, 2.24) is 15.1 Å². The summed E-state index contributed by atoms with van der Waals surface area (Å²) in [6.45, 7) is 2.82. The molecule has 5 heteroatoms. The van der Waals surface area contributed by atoms with E-state index in [1.54, 1.807) is 11.0 Å². The van der Waals surface area contributed by atoms with E-state index in [9.17, 15) is 9.59 Å². The van der Waals surface area contributed by atoms with Gasteiger partial charge in [0.15, 0.2) is 0 Å². The van der Waals surface area contributed by atoms with Gasteiger partial charge in [-0.15, -0.1) is 0 Å².